The van der Waals surface area contributed by atoms with Crippen molar-refractivity contribution in [2.45, 2.75) is 38.1 Å². The Balaban J connectivity index is 1.87. The van der Waals surface area contributed by atoms with Gasteiger partial charge in [-0.2, -0.15) is 0 Å². The van der Waals surface area contributed by atoms with Crippen LogP contribution < -0.4 is 5.32 Å². The minimum atomic E-state index is -0.926. The largest absolute Gasteiger partial charge is 0.481 e. The van der Waals surface area contributed by atoms with Gasteiger partial charge in [0.05, 0.1) is 18.6 Å². The molecular formula is C13H21NO4. The van der Waals surface area contributed by atoms with Gasteiger partial charge in [-0.05, 0) is 38.0 Å². The van der Waals surface area contributed by atoms with E-state index in [1.807, 2.05) is 0 Å². The number of aliphatic carboxylic acids is 1. The third kappa shape index (κ3) is 3.22. The lowest BCUT2D eigenvalue weighted by Gasteiger charge is -2.28. The molecule has 0 aromatic rings. The predicted molar refractivity (Wildman–Crippen MR) is 65.0 cm³/mol. The molecule has 0 unspecified atom stereocenters. The highest BCUT2D eigenvalue weighted by Crippen LogP contribution is 2.54. The number of carboxylic acids is 1. The second-order valence-corrected chi connectivity index (χ2v) is 5.90. The summed E-state index contributed by atoms with van der Waals surface area (Å²) in [5.74, 6) is 0.454. The second-order valence-electron chi connectivity index (χ2n) is 5.90. The van der Waals surface area contributed by atoms with Gasteiger partial charge in [-0.15, -0.1) is 0 Å². The van der Waals surface area contributed by atoms with Gasteiger partial charge < -0.3 is 15.2 Å². The number of nitrogens with one attached hydrogen (secondary N) is 1. The standard InChI is InChI=1S/C13H21NO4/c1-13(7-18-2,6-11(15)16)14-12(17)10-5-9(10)8-3-4-8/h8-10H,3-7H2,1-2H3,(H,14,17)(H,15,16)/t9-,10+,13-/m0/s1. The summed E-state index contributed by atoms with van der Waals surface area (Å²) in [4.78, 5) is 22.9. The van der Waals surface area contributed by atoms with Crippen LogP contribution in [0.4, 0.5) is 0 Å². The average molecular weight is 255 g/mol. The van der Waals surface area contributed by atoms with Crippen molar-refractivity contribution in [3.63, 3.8) is 0 Å². The molecule has 5 heteroatoms. The zero-order valence-corrected chi connectivity index (χ0v) is 10.9. The number of ether oxygens (including phenoxy) is 1. The Bertz CT molecular complexity index is 353. The van der Waals surface area contributed by atoms with Crippen LogP contribution in [0.25, 0.3) is 0 Å². The number of methoxy groups -OCH3 is 1. The highest BCUT2D eigenvalue weighted by atomic mass is 16.5. The van der Waals surface area contributed by atoms with Crippen molar-refractivity contribution >= 4 is 11.9 Å². The van der Waals surface area contributed by atoms with Crippen LogP contribution in [0.3, 0.4) is 0 Å². The number of amides is 1. The summed E-state index contributed by atoms with van der Waals surface area (Å²) in [6.45, 7) is 1.93. The van der Waals surface area contributed by atoms with Crippen LogP contribution in [0.2, 0.25) is 0 Å². The van der Waals surface area contributed by atoms with Crippen molar-refractivity contribution in [3.05, 3.63) is 0 Å². The molecule has 2 fully saturated rings. The number of hydrogen-bond acceptors (Lipinski definition) is 3. The molecule has 5 nitrogen and oxygen atoms in total. The van der Waals surface area contributed by atoms with E-state index in [-0.39, 0.29) is 24.9 Å². The number of carbonyl (C=O) groups excluding carboxylic acids is 1. The molecule has 0 heterocycles. The first-order valence-electron chi connectivity index (χ1n) is 6.48. The fraction of sp³-hybridized carbons (Fsp3) is 0.846. The van der Waals surface area contributed by atoms with Crippen LogP contribution in [-0.4, -0.2) is 36.2 Å². The lowest BCUT2D eigenvalue weighted by molar-refractivity contribution is -0.139. The van der Waals surface area contributed by atoms with E-state index in [0.717, 1.165) is 12.3 Å². The van der Waals surface area contributed by atoms with E-state index in [4.69, 9.17) is 9.84 Å². The summed E-state index contributed by atoms with van der Waals surface area (Å²) in [7, 11) is 1.51. The molecule has 1 amide bonds. The minimum absolute atomic E-state index is 0.00676. The number of rotatable bonds is 7. The van der Waals surface area contributed by atoms with E-state index in [2.05, 4.69) is 5.32 Å². The molecule has 102 valence electrons. The zero-order chi connectivity index (χ0) is 13.3. The van der Waals surface area contributed by atoms with Gasteiger partial charge in [0.2, 0.25) is 5.91 Å². The molecule has 2 N–H and O–H groups in total. The summed E-state index contributed by atoms with van der Waals surface area (Å²) in [5.41, 5.74) is -0.811. The number of carboxylic acid groups (broad SMARTS) is 1. The second kappa shape index (κ2) is 4.88. The lowest BCUT2D eigenvalue weighted by Crippen LogP contribution is -2.51. The van der Waals surface area contributed by atoms with Crippen molar-refractivity contribution in [1.29, 1.82) is 0 Å². The van der Waals surface area contributed by atoms with Gasteiger partial charge in [-0.3, -0.25) is 9.59 Å². The summed E-state index contributed by atoms with van der Waals surface area (Å²) >= 11 is 0. The molecule has 0 bridgehead atoms. The molecular weight excluding hydrogens is 234 g/mol. The van der Waals surface area contributed by atoms with Crippen LogP contribution in [0.15, 0.2) is 0 Å². The van der Waals surface area contributed by atoms with Crippen LogP contribution in [-0.2, 0) is 14.3 Å². The van der Waals surface area contributed by atoms with E-state index in [9.17, 15) is 9.59 Å². The quantitative estimate of drug-likeness (QED) is 0.712. The monoisotopic (exact) mass is 255 g/mol. The highest BCUT2D eigenvalue weighted by molar-refractivity contribution is 5.83. The van der Waals surface area contributed by atoms with Gasteiger partial charge in [0.15, 0.2) is 0 Å². The molecule has 0 spiro atoms. The fourth-order valence-corrected chi connectivity index (χ4v) is 2.74. The Morgan fingerprint density at radius 3 is 2.61 bits per heavy atom. The Hall–Kier alpha value is -1.10. The fourth-order valence-electron chi connectivity index (χ4n) is 2.74. The van der Waals surface area contributed by atoms with E-state index in [0.29, 0.717) is 5.92 Å². The molecule has 3 atom stereocenters. The molecule has 0 aliphatic heterocycles. The van der Waals surface area contributed by atoms with Crippen molar-refractivity contribution in [2.75, 3.05) is 13.7 Å². The van der Waals surface area contributed by atoms with Gasteiger partial charge in [-0.25, -0.2) is 0 Å². The Morgan fingerprint density at radius 1 is 1.44 bits per heavy atom. The maximum absolute atomic E-state index is 12.1. The molecule has 2 aliphatic rings. The van der Waals surface area contributed by atoms with E-state index < -0.39 is 11.5 Å². The topological polar surface area (TPSA) is 75.6 Å². The summed E-state index contributed by atoms with van der Waals surface area (Å²) in [6, 6.07) is 0. The van der Waals surface area contributed by atoms with Gasteiger partial charge in [0.1, 0.15) is 0 Å². The SMILES string of the molecule is COC[C@](C)(CC(=O)O)NC(=O)[C@@H]1C[C@H]1C1CC1. The van der Waals surface area contributed by atoms with E-state index in [1.54, 1.807) is 6.92 Å². The maximum Gasteiger partial charge on any atom is 0.305 e. The molecule has 18 heavy (non-hydrogen) atoms. The molecule has 2 saturated carbocycles. The average Bonchev–Trinajstić information content (AvgIpc) is 3.10. The van der Waals surface area contributed by atoms with Gasteiger partial charge in [-0.1, -0.05) is 0 Å². The molecule has 0 saturated heterocycles. The van der Waals surface area contributed by atoms with E-state index >= 15 is 0 Å². The van der Waals surface area contributed by atoms with Crippen molar-refractivity contribution in [1.82, 2.24) is 5.32 Å². The first-order chi connectivity index (χ1) is 8.45. The highest BCUT2D eigenvalue weighted by Gasteiger charge is 2.52. The number of hydrogen-bond donors (Lipinski definition) is 2. The summed E-state index contributed by atoms with van der Waals surface area (Å²) in [5, 5.41) is 11.7. The Kier molecular flexibility index (Phi) is 3.61. The first-order valence-corrected chi connectivity index (χ1v) is 6.48. The van der Waals surface area contributed by atoms with Crippen LogP contribution >= 0.6 is 0 Å². The lowest BCUT2D eigenvalue weighted by atomic mass is 9.98. The Labute approximate surface area is 107 Å². The molecule has 2 rings (SSSR count). The van der Waals surface area contributed by atoms with Crippen molar-refractivity contribution in [3.8, 4) is 0 Å². The van der Waals surface area contributed by atoms with Gasteiger partial charge in [0.25, 0.3) is 0 Å². The van der Waals surface area contributed by atoms with Crippen molar-refractivity contribution < 1.29 is 19.4 Å². The number of carbonyl (C=O) groups is 2. The predicted octanol–water partition coefficient (Wildman–Crippen LogP) is 1.03. The molecule has 0 radical (unpaired) electrons. The molecule has 2 aliphatic carbocycles. The smallest absolute Gasteiger partial charge is 0.305 e. The molecule has 0 aromatic carbocycles. The summed E-state index contributed by atoms with van der Waals surface area (Å²) < 4.78 is 5.02. The minimum Gasteiger partial charge on any atom is -0.481 e. The third-order valence-corrected chi connectivity index (χ3v) is 3.83. The maximum atomic E-state index is 12.1. The normalized spacial score (nSPS) is 29.4. The third-order valence-electron chi connectivity index (χ3n) is 3.83. The van der Waals surface area contributed by atoms with Crippen LogP contribution in [0.5, 0.6) is 0 Å². The van der Waals surface area contributed by atoms with Crippen LogP contribution in [0.1, 0.15) is 32.6 Å². The van der Waals surface area contributed by atoms with E-state index in [1.165, 1.54) is 20.0 Å². The summed E-state index contributed by atoms with van der Waals surface area (Å²) in [6.07, 6.45) is 3.35. The Morgan fingerprint density at radius 2 is 2.11 bits per heavy atom. The molecule has 0 aromatic heterocycles. The van der Waals surface area contributed by atoms with Crippen molar-refractivity contribution in [2.24, 2.45) is 17.8 Å². The van der Waals surface area contributed by atoms with Crippen LogP contribution in [0, 0.1) is 17.8 Å². The van der Waals surface area contributed by atoms with Gasteiger partial charge in [0, 0.05) is 13.0 Å². The zero-order valence-electron chi connectivity index (χ0n) is 10.9. The first kappa shape index (κ1) is 13.3. The van der Waals surface area contributed by atoms with Gasteiger partial charge >= 0.3 is 5.97 Å².